The number of hydrogen-bond acceptors (Lipinski definition) is 3. The number of oxazole rings is 1. The van der Waals surface area contributed by atoms with Gasteiger partial charge in [0, 0.05) is 6.92 Å². The highest BCUT2D eigenvalue weighted by molar-refractivity contribution is 5.04. The van der Waals surface area contributed by atoms with Crippen LogP contribution < -0.4 is 5.73 Å². The summed E-state index contributed by atoms with van der Waals surface area (Å²) in [5, 5.41) is 0. The van der Waals surface area contributed by atoms with Crippen LogP contribution >= 0.6 is 0 Å². The summed E-state index contributed by atoms with van der Waals surface area (Å²) in [5.74, 6) is 1.39. The number of aromatic nitrogens is 1. The first-order chi connectivity index (χ1) is 4.50. The number of aryl methyl sites for hydroxylation is 1. The molecular formula is C7H12N2O. The molecule has 0 amide bonds. The third-order valence-electron chi connectivity index (χ3n) is 1.26. The maximum absolute atomic E-state index is 5.74. The first kappa shape index (κ1) is 7.28. The first-order valence-electron chi connectivity index (χ1n) is 3.22. The zero-order valence-corrected chi connectivity index (χ0v) is 6.51. The van der Waals surface area contributed by atoms with Gasteiger partial charge < -0.3 is 10.2 Å². The maximum atomic E-state index is 5.74. The molecule has 1 aromatic heterocycles. The summed E-state index contributed by atoms with van der Waals surface area (Å²) in [6.45, 7) is 5.56. The number of rotatable bonds is 1. The SMILES string of the molecule is Cc1ncc(C(C)(C)N)o1. The zero-order valence-electron chi connectivity index (χ0n) is 6.51. The highest BCUT2D eigenvalue weighted by atomic mass is 16.4. The van der Waals surface area contributed by atoms with Gasteiger partial charge in [-0.2, -0.15) is 0 Å². The van der Waals surface area contributed by atoms with Crippen LogP contribution in [0, 0.1) is 6.92 Å². The lowest BCUT2D eigenvalue weighted by atomic mass is 10.1. The van der Waals surface area contributed by atoms with Gasteiger partial charge in [0.25, 0.3) is 0 Å². The lowest BCUT2D eigenvalue weighted by Crippen LogP contribution is -2.27. The summed E-state index contributed by atoms with van der Waals surface area (Å²) >= 11 is 0. The Kier molecular flexibility index (Phi) is 1.52. The molecule has 56 valence electrons. The van der Waals surface area contributed by atoms with E-state index in [-0.39, 0.29) is 0 Å². The topological polar surface area (TPSA) is 52.0 Å². The number of nitrogens with zero attached hydrogens (tertiary/aromatic N) is 1. The second-order valence-corrected chi connectivity index (χ2v) is 2.97. The van der Waals surface area contributed by atoms with Gasteiger partial charge in [-0.05, 0) is 13.8 Å². The largest absolute Gasteiger partial charge is 0.444 e. The molecule has 0 radical (unpaired) electrons. The minimum Gasteiger partial charge on any atom is -0.444 e. The molecule has 1 heterocycles. The van der Waals surface area contributed by atoms with Crippen molar-refractivity contribution in [1.82, 2.24) is 4.98 Å². The molecule has 0 aliphatic rings. The van der Waals surface area contributed by atoms with Crippen molar-refractivity contribution < 1.29 is 4.42 Å². The van der Waals surface area contributed by atoms with Crippen LogP contribution in [0.2, 0.25) is 0 Å². The van der Waals surface area contributed by atoms with E-state index < -0.39 is 5.54 Å². The lowest BCUT2D eigenvalue weighted by molar-refractivity contribution is 0.379. The van der Waals surface area contributed by atoms with Gasteiger partial charge >= 0.3 is 0 Å². The van der Waals surface area contributed by atoms with Crippen LogP contribution in [0.1, 0.15) is 25.5 Å². The summed E-state index contributed by atoms with van der Waals surface area (Å²) in [4.78, 5) is 3.94. The molecule has 0 unspecified atom stereocenters. The quantitative estimate of drug-likeness (QED) is 0.637. The van der Waals surface area contributed by atoms with Crippen molar-refractivity contribution in [3.8, 4) is 0 Å². The van der Waals surface area contributed by atoms with Crippen LogP contribution in [0.25, 0.3) is 0 Å². The Hall–Kier alpha value is -0.830. The summed E-state index contributed by atoms with van der Waals surface area (Å²) in [5.41, 5.74) is 5.32. The molecule has 0 bridgehead atoms. The minimum atomic E-state index is -0.415. The highest BCUT2D eigenvalue weighted by Crippen LogP contribution is 2.16. The second-order valence-electron chi connectivity index (χ2n) is 2.97. The number of hydrogen-bond donors (Lipinski definition) is 1. The molecule has 0 saturated carbocycles. The predicted octanol–water partition coefficient (Wildman–Crippen LogP) is 1.18. The molecule has 10 heavy (non-hydrogen) atoms. The smallest absolute Gasteiger partial charge is 0.191 e. The van der Waals surface area contributed by atoms with Crippen molar-refractivity contribution in [1.29, 1.82) is 0 Å². The molecule has 0 aliphatic heterocycles. The molecule has 2 N–H and O–H groups in total. The standard InChI is InChI=1S/C7H12N2O/c1-5-9-4-6(10-5)7(2,3)8/h4H,8H2,1-3H3. The second kappa shape index (κ2) is 2.09. The third kappa shape index (κ3) is 1.36. The fourth-order valence-corrected chi connectivity index (χ4v) is 0.659. The normalized spacial score (nSPS) is 12.0. The molecule has 1 rings (SSSR count). The van der Waals surface area contributed by atoms with Gasteiger partial charge in [-0.1, -0.05) is 0 Å². The summed E-state index contributed by atoms with van der Waals surface area (Å²) in [7, 11) is 0. The van der Waals surface area contributed by atoms with Crippen molar-refractivity contribution in [2.24, 2.45) is 5.73 Å². The monoisotopic (exact) mass is 140 g/mol. The average Bonchev–Trinajstić information content (AvgIpc) is 2.11. The number of nitrogens with two attached hydrogens (primary N) is 1. The molecular weight excluding hydrogens is 128 g/mol. The minimum absolute atomic E-state index is 0.415. The van der Waals surface area contributed by atoms with E-state index >= 15 is 0 Å². The van der Waals surface area contributed by atoms with Crippen LogP contribution in [-0.4, -0.2) is 4.98 Å². The Balaban J connectivity index is 2.96. The van der Waals surface area contributed by atoms with Crippen LogP contribution in [-0.2, 0) is 5.54 Å². The molecule has 0 aliphatic carbocycles. The molecule has 0 fully saturated rings. The van der Waals surface area contributed by atoms with Crippen molar-refractivity contribution in [2.45, 2.75) is 26.3 Å². The molecule has 0 saturated heterocycles. The Morgan fingerprint density at radius 1 is 1.60 bits per heavy atom. The molecule has 1 aromatic rings. The molecule has 0 atom stereocenters. The van der Waals surface area contributed by atoms with Gasteiger partial charge in [-0.15, -0.1) is 0 Å². The maximum Gasteiger partial charge on any atom is 0.191 e. The van der Waals surface area contributed by atoms with E-state index in [4.69, 9.17) is 10.2 Å². The van der Waals surface area contributed by atoms with E-state index in [2.05, 4.69) is 4.98 Å². The van der Waals surface area contributed by atoms with Gasteiger partial charge in [-0.25, -0.2) is 4.98 Å². The van der Waals surface area contributed by atoms with E-state index in [0.29, 0.717) is 5.89 Å². The van der Waals surface area contributed by atoms with Crippen LogP contribution in [0.3, 0.4) is 0 Å². The van der Waals surface area contributed by atoms with E-state index in [0.717, 1.165) is 5.76 Å². The zero-order chi connectivity index (χ0) is 7.78. The third-order valence-corrected chi connectivity index (χ3v) is 1.26. The Morgan fingerprint density at radius 3 is 2.40 bits per heavy atom. The van der Waals surface area contributed by atoms with Gasteiger partial charge in [-0.3, -0.25) is 0 Å². The van der Waals surface area contributed by atoms with Crippen LogP contribution in [0.5, 0.6) is 0 Å². The Bertz CT molecular complexity index is 222. The Labute approximate surface area is 60.2 Å². The van der Waals surface area contributed by atoms with Crippen molar-refractivity contribution >= 4 is 0 Å². The van der Waals surface area contributed by atoms with Crippen LogP contribution in [0.4, 0.5) is 0 Å². The highest BCUT2D eigenvalue weighted by Gasteiger charge is 2.18. The van der Waals surface area contributed by atoms with Gasteiger partial charge in [0.1, 0.15) is 5.76 Å². The van der Waals surface area contributed by atoms with Crippen molar-refractivity contribution in [3.63, 3.8) is 0 Å². The predicted molar refractivity (Wildman–Crippen MR) is 38.5 cm³/mol. The van der Waals surface area contributed by atoms with Crippen molar-refractivity contribution in [3.05, 3.63) is 17.8 Å². The molecule has 3 nitrogen and oxygen atoms in total. The molecule has 0 aromatic carbocycles. The summed E-state index contributed by atoms with van der Waals surface area (Å²) in [6, 6.07) is 0. The fourth-order valence-electron chi connectivity index (χ4n) is 0.659. The van der Waals surface area contributed by atoms with E-state index in [1.54, 1.807) is 13.1 Å². The Morgan fingerprint density at radius 2 is 2.20 bits per heavy atom. The molecule has 0 spiro atoms. The average molecular weight is 140 g/mol. The van der Waals surface area contributed by atoms with Gasteiger partial charge in [0.05, 0.1) is 11.7 Å². The van der Waals surface area contributed by atoms with Gasteiger partial charge in [0.15, 0.2) is 5.89 Å². The van der Waals surface area contributed by atoms with Crippen LogP contribution in [0.15, 0.2) is 10.6 Å². The van der Waals surface area contributed by atoms with E-state index in [1.165, 1.54) is 0 Å². The van der Waals surface area contributed by atoms with Gasteiger partial charge in [0.2, 0.25) is 0 Å². The summed E-state index contributed by atoms with van der Waals surface area (Å²) in [6.07, 6.45) is 1.66. The lowest BCUT2D eigenvalue weighted by Gasteiger charge is -2.13. The molecule has 3 heteroatoms. The van der Waals surface area contributed by atoms with E-state index in [9.17, 15) is 0 Å². The fraction of sp³-hybridized carbons (Fsp3) is 0.571. The van der Waals surface area contributed by atoms with Crippen molar-refractivity contribution in [2.75, 3.05) is 0 Å². The van der Waals surface area contributed by atoms with E-state index in [1.807, 2.05) is 13.8 Å². The summed E-state index contributed by atoms with van der Waals surface area (Å²) < 4.78 is 5.21. The first-order valence-corrected chi connectivity index (χ1v) is 3.22.